The lowest BCUT2D eigenvalue weighted by atomic mass is 9.84. The van der Waals surface area contributed by atoms with E-state index in [9.17, 15) is 9.28 Å². The van der Waals surface area contributed by atoms with Gasteiger partial charge >= 0.3 is 0 Å². The van der Waals surface area contributed by atoms with Crippen LogP contribution in [0.5, 0.6) is 0 Å². The van der Waals surface area contributed by atoms with Crippen LogP contribution < -0.4 is 5.54 Å². The van der Waals surface area contributed by atoms with Crippen molar-refractivity contribution in [2.75, 3.05) is 26.3 Å². The third kappa shape index (κ3) is 4.29. The van der Waals surface area contributed by atoms with Gasteiger partial charge in [0.25, 0.3) is 5.91 Å². The summed E-state index contributed by atoms with van der Waals surface area (Å²) in [6.07, 6.45) is 0. The molecule has 1 aliphatic heterocycles. The Morgan fingerprint density at radius 2 is 1.59 bits per heavy atom. The van der Waals surface area contributed by atoms with Gasteiger partial charge in [-0.05, 0) is 47.7 Å². The van der Waals surface area contributed by atoms with E-state index in [4.69, 9.17) is 4.74 Å². The predicted molar refractivity (Wildman–Crippen MR) is 121 cm³/mol. The zero-order chi connectivity index (χ0) is 22.7. The van der Waals surface area contributed by atoms with E-state index in [1.165, 1.54) is 5.54 Å². The topological polar surface area (TPSA) is 41.6 Å². The van der Waals surface area contributed by atoms with E-state index in [2.05, 4.69) is 4.90 Å². The van der Waals surface area contributed by atoms with Crippen molar-refractivity contribution in [3.05, 3.63) is 82.7 Å². The van der Waals surface area contributed by atoms with Gasteiger partial charge in [0.1, 0.15) is 5.82 Å². The molecule has 0 spiro atoms. The maximum atomic E-state index is 15.4. The Morgan fingerprint density at radius 1 is 0.969 bits per heavy atom. The molecule has 0 aliphatic carbocycles. The van der Waals surface area contributed by atoms with Crippen molar-refractivity contribution in [2.45, 2.75) is 20.4 Å². The number of morpholine rings is 1. The fourth-order valence-corrected chi connectivity index (χ4v) is 4.44. The van der Waals surface area contributed by atoms with Crippen molar-refractivity contribution in [1.29, 1.82) is 0 Å². The molecule has 4 nitrogen and oxygen atoms in total. The van der Waals surface area contributed by atoms with Gasteiger partial charge in [0.15, 0.2) is 0 Å². The first-order valence-corrected chi connectivity index (χ1v) is 10.7. The van der Waals surface area contributed by atoms with Crippen molar-refractivity contribution in [2.24, 2.45) is 0 Å². The molecule has 3 aromatic carbocycles. The minimum absolute atomic E-state index is 0.138. The van der Waals surface area contributed by atoms with Crippen LogP contribution in [0.1, 0.15) is 27.0 Å². The summed E-state index contributed by atoms with van der Waals surface area (Å²) in [5.41, 5.74) is 5.25. The molecule has 0 atom stereocenters. The van der Waals surface area contributed by atoms with E-state index in [1.54, 1.807) is 26.0 Å². The number of benzene rings is 3. The SMILES string of the molecule is Cc1c(F)c(C)c(-c2cccc(CN3CCOCC3)c2)c(C(=O)NF)c1-c1ccccc1. The van der Waals surface area contributed by atoms with Gasteiger partial charge in [-0.15, -0.1) is 0 Å². The van der Waals surface area contributed by atoms with Crippen LogP contribution in [0, 0.1) is 19.7 Å². The van der Waals surface area contributed by atoms with E-state index < -0.39 is 11.7 Å². The van der Waals surface area contributed by atoms with Gasteiger partial charge in [0.05, 0.1) is 18.8 Å². The number of hydrogen-bond acceptors (Lipinski definition) is 3. The molecule has 6 heteroatoms. The van der Waals surface area contributed by atoms with Gasteiger partial charge in [-0.1, -0.05) is 53.0 Å². The predicted octanol–water partition coefficient (Wildman–Crippen LogP) is 5.22. The smallest absolute Gasteiger partial charge is 0.280 e. The highest BCUT2D eigenvalue weighted by Gasteiger charge is 2.26. The van der Waals surface area contributed by atoms with Gasteiger partial charge in [-0.3, -0.25) is 9.69 Å². The summed E-state index contributed by atoms with van der Waals surface area (Å²) in [5.74, 6) is -1.28. The van der Waals surface area contributed by atoms with Gasteiger partial charge < -0.3 is 4.74 Å². The molecule has 1 fully saturated rings. The van der Waals surface area contributed by atoms with Crippen LogP contribution in [-0.4, -0.2) is 37.1 Å². The quantitative estimate of drug-likeness (QED) is 0.558. The van der Waals surface area contributed by atoms with Crippen LogP contribution in [0.3, 0.4) is 0 Å². The third-order valence-corrected chi connectivity index (χ3v) is 6.01. The van der Waals surface area contributed by atoms with E-state index in [0.717, 1.165) is 25.2 Å². The van der Waals surface area contributed by atoms with Crippen LogP contribution in [-0.2, 0) is 11.3 Å². The largest absolute Gasteiger partial charge is 0.379 e. The Labute approximate surface area is 186 Å². The zero-order valence-electron chi connectivity index (χ0n) is 18.3. The molecule has 4 rings (SSSR count). The van der Waals surface area contributed by atoms with Gasteiger partial charge in [0, 0.05) is 30.8 Å². The number of nitrogens with one attached hydrogen (secondary N) is 1. The van der Waals surface area contributed by atoms with Crippen molar-refractivity contribution in [1.82, 2.24) is 10.4 Å². The van der Waals surface area contributed by atoms with Gasteiger partial charge in [-0.2, -0.15) is 5.54 Å². The second-order valence-electron chi connectivity index (χ2n) is 8.07. The number of ether oxygens (including phenoxy) is 1. The molecule has 1 aliphatic rings. The normalized spacial score (nSPS) is 14.4. The molecular weight excluding hydrogens is 410 g/mol. The molecule has 3 aromatic rings. The Kier molecular flexibility index (Phi) is 6.63. The maximum absolute atomic E-state index is 15.4. The van der Waals surface area contributed by atoms with E-state index >= 15 is 4.39 Å². The molecule has 0 aromatic heterocycles. The van der Waals surface area contributed by atoms with Crippen molar-refractivity contribution in [3.63, 3.8) is 0 Å². The highest BCUT2D eigenvalue weighted by molar-refractivity contribution is 6.08. The lowest BCUT2D eigenvalue weighted by Crippen LogP contribution is -2.35. The number of nitrogens with zero attached hydrogens (tertiary/aromatic N) is 1. The minimum Gasteiger partial charge on any atom is -0.379 e. The molecule has 0 bridgehead atoms. The van der Waals surface area contributed by atoms with Crippen molar-refractivity contribution in [3.8, 4) is 22.3 Å². The lowest BCUT2D eigenvalue weighted by molar-refractivity contribution is 0.0342. The molecule has 0 saturated carbocycles. The Balaban J connectivity index is 1.90. The Bertz CT molecular complexity index is 1130. The number of hydrogen-bond donors (Lipinski definition) is 1. The number of carbonyl (C=O) groups excluding carboxylic acids is 1. The Hall–Kier alpha value is -3.09. The van der Waals surface area contributed by atoms with Gasteiger partial charge in [-0.25, -0.2) is 4.39 Å². The van der Waals surface area contributed by atoms with Crippen LogP contribution in [0.25, 0.3) is 22.3 Å². The number of amides is 1. The van der Waals surface area contributed by atoms with Crippen LogP contribution in [0.2, 0.25) is 0 Å². The highest BCUT2D eigenvalue weighted by Crippen LogP contribution is 2.40. The van der Waals surface area contributed by atoms with Crippen LogP contribution >= 0.6 is 0 Å². The average Bonchev–Trinajstić information content (AvgIpc) is 2.83. The third-order valence-electron chi connectivity index (χ3n) is 6.01. The molecular formula is C26H26F2N2O2. The summed E-state index contributed by atoms with van der Waals surface area (Å²) in [6, 6.07) is 16.7. The molecule has 0 radical (unpaired) electrons. The first-order chi connectivity index (χ1) is 15.5. The van der Waals surface area contributed by atoms with Crippen LogP contribution in [0.15, 0.2) is 54.6 Å². The number of halogens is 2. The summed E-state index contributed by atoms with van der Waals surface area (Å²) in [4.78, 5) is 15.1. The molecule has 32 heavy (non-hydrogen) atoms. The summed E-state index contributed by atoms with van der Waals surface area (Å²) in [7, 11) is 0. The number of carbonyl (C=O) groups is 1. The first kappa shape index (κ1) is 22.1. The molecule has 166 valence electrons. The zero-order valence-corrected chi connectivity index (χ0v) is 18.3. The molecule has 1 saturated heterocycles. The monoisotopic (exact) mass is 436 g/mol. The highest BCUT2D eigenvalue weighted by atomic mass is 19.2. The second-order valence-corrected chi connectivity index (χ2v) is 8.07. The molecule has 1 amide bonds. The van der Waals surface area contributed by atoms with Crippen molar-refractivity contribution < 1.29 is 18.4 Å². The molecule has 1 heterocycles. The van der Waals surface area contributed by atoms with E-state index in [1.807, 2.05) is 42.5 Å². The number of rotatable bonds is 5. The van der Waals surface area contributed by atoms with Gasteiger partial charge in [0.2, 0.25) is 0 Å². The standard InChI is InChI=1S/C26H26F2N2O2/c1-17-22(20-8-4-3-5-9-20)24(26(31)29-28)23(18(2)25(17)27)21-10-6-7-19(15-21)16-30-11-13-32-14-12-30/h3-10,15H,11-14,16H2,1-2H3,(H,29,31). The Morgan fingerprint density at radius 3 is 2.25 bits per heavy atom. The van der Waals surface area contributed by atoms with Crippen molar-refractivity contribution >= 4 is 5.91 Å². The fourth-order valence-electron chi connectivity index (χ4n) is 4.44. The minimum atomic E-state index is -0.886. The van der Waals surface area contributed by atoms with E-state index in [-0.39, 0.29) is 5.56 Å². The summed E-state index contributed by atoms with van der Waals surface area (Å²) >= 11 is 0. The summed E-state index contributed by atoms with van der Waals surface area (Å²) in [5, 5.41) is 0. The van der Waals surface area contributed by atoms with Crippen LogP contribution in [0.4, 0.5) is 8.87 Å². The van der Waals surface area contributed by atoms with E-state index in [0.29, 0.717) is 46.6 Å². The maximum Gasteiger partial charge on any atom is 0.280 e. The summed E-state index contributed by atoms with van der Waals surface area (Å²) in [6.45, 7) is 7.06. The molecule has 0 unspecified atom stereocenters. The lowest BCUT2D eigenvalue weighted by Gasteiger charge is -2.27. The molecule has 1 N–H and O–H groups in total. The fraction of sp³-hybridized carbons (Fsp3) is 0.269. The summed E-state index contributed by atoms with van der Waals surface area (Å²) < 4.78 is 34.3. The first-order valence-electron chi connectivity index (χ1n) is 10.7. The second kappa shape index (κ2) is 9.59. The average molecular weight is 437 g/mol.